The van der Waals surface area contributed by atoms with Crippen molar-refractivity contribution in [2.45, 2.75) is 19.1 Å². The van der Waals surface area contributed by atoms with E-state index in [4.69, 9.17) is 16.3 Å². The molecule has 6 nitrogen and oxygen atoms in total. The highest BCUT2D eigenvalue weighted by Crippen LogP contribution is 2.31. The highest BCUT2D eigenvalue weighted by atomic mass is 35.5. The molecule has 3 aromatic rings. The first-order valence-corrected chi connectivity index (χ1v) is 11.2. The summed E-state index contributed by atoms with van der Waals surface area (Å²) in [6.07, 6.45) is -3.10. The van der Waals surface area contributed by atoms with Crippen LogP contribution in [0.5, 0.6) is 0 Å². The van der Waals surface area contributed by atoms with Crippen molar-refractivity contribution in [2.24, 2.45) is 0 Å². The third-order valence-corrected chi connectivity index (χ3v) is 6.22. The van der Waals surface area contributed by atoms with Gasteiger partial charge in [0.2, 0.25) is 0 Å². The number of aromatic nitrogens is 2. The van der Waals surface area contributed by atoms with Crippen LogP contribution in [0.15, 0.2) is 54.7 Å². The summed E-state index contributed by atoms with van der Waals surface area (Å²) in [5, 5.41) is 7.72. The van der Waals surface area contributed by atoms with Crippen LogP contribution in [0.1, 0.15) is 33.2 Å². The molecule has 1 atom stereocenters. The normalized spacial score (nSPS) is 15.8. The molecule has 1 aliphatic heterocycles. The number of ether oxygens (including phenoxy) is 1. The van der Waals surface area contributed by atoms with Gasteiger partial charge in [-0.15, -0.1) is 0 Å². The summed E-state index contributed by atoms with van der Waals surface area (Å²) in [5.74, 6) is -0.360. The Balaban J connectivity index is 1.53. The maximum atomic E-state index is 13.1. The molecule has 1 aliphatic rings. The first kappa shape index (κ1) is 24.3. The lowest BCUT2D eigenvalue weighted by atomic mass is 10.0. The van der Waals surface area contributed by atoms with E-state index >= 15 is 0 Å². The van der Waals surface area contributed by atoms with Gasteiger partial charge in [0.05, 0.1) is 48.0 Å². The number of carbonyl (C=O) groups is 1. The van der Waals surface area contributed by atoms with Crippen molar-refractivity contribution in [1.82, 2.24) is 20.0 Å². The van der Waals surface area contributed by atoms with E-state index in [0.717, 1.165) is 17.7 Å². The molecule has 1 N–H and O–H groups in total. The largest absolute Gasteiger partial charge is 0.416 e. The second-order valence-corrected chi connectivity index (χ2v) is 8.41. The van der Waals surface area contributed by atoms with Crippen LogP contribution in [0.25, 0.3) is 5.69 Å². The Bertz CT molecular complexity index is 1160. The molecule has 1 fully saturated rings. The van der Waals surface area contributed by atoms with E-state index in [-0.39, 0.29) is 23.2 Å². The SMILES string of the molecule is Cc1c(C(=O)NCC(c2ccccc2Cl)N2CCOCC2)cnn1-c1cccc(C(F)(F)F)c1. The maximum absolute atomic E-state index is 13.1. The number of hydrogen-bond donors (Lipinski definition) is 1. The Morgan fingerprint density at radius 3 is 2.62 bits per heavy atom. The molecule has 1 aromatic heterocycles. The average Bonchev–Trinajstić information content (AvgIpc) is 3.22. The van der Waals surface area contributed by atoms with E-state index in [1.807, 2.05) is 24.3 Å². The predicted molar refractivity (Wildman–Crippen MR) is 122 cm³/mol. The lowest BCUT2D eigenvalue weighted by molar-refractivity contribution is -0.137. The number of morpholine rings is 1. The zero-order valence-electron chi connectivity index (χ0n) is 18.5. The summed E-state index contributed by atoms with van der Waals surface area (Å²) in [6, 6.07) is 12.2. The number of halogens is 4. The minimum atomic E-state index is -4.47. The first-order valence-electron chi connectivity index (χ1n) is 10.8. The predicted octanol–water partition coefficient (Wildman–Crippen LogP) is 4.66. The number of hydrogen-bond acceptors (Lipinski definition) is 4. The van der Waals surface area contributed by atoms with E-state index < -0.39 is 11.7 Å². The number of alkyl halides is 3. The molecule has 10 heteroatoms. The van der Waals surface area contributed by atoms with Crippen LogP contribution in [0, 0.1) is 6.92 Å². The van der Waals surface area contributed by atoms with Crippen LogP contribution >= 0.6 is 11.6 Å². The van der Waals surface area contributed by atoms with Gasteiger partial charge in [-0.3, -0.25) is 9.69 Å². The van der Waals surface area contributed by atoms with Crippen molar-refractivity contribution >= 4 is 17.5 Å². The Morgan fingerprint density at radius 1 is 1.18 bits per heavy atom. The van der Waals surface area contributed by atoms with Gasteiger partial charge in [-0.2, -0.15) is 18.3 Å². The van der Waals surface area contributed by atoms with Crippen LogP contribution in [-0.2, 0) is 10.9 Å². The summed E-state index contributed by atoms with van der Waals surface area (Å²) in [5.41, 5.74) is 1.09. The van der Waals surface area contributed by atoms with Gasteiger partial charge in [-0.05, 0) is 36.8 Å². The van der Waals surface area contributed by atoms with Crippen molar-refractivity contribution in [1.29, 1.82) is 0 Å². The number of benzene rings is 2. The van der Waals surface area contributed by atoms with E-state index in [1.54, 1.807) is 6.92 Å². The summed E-state index contributed by atoms with van der Waals surface area (Å²) in [7, 11) is 0. The van der Waals surface area contributed by atoms with Gasteiger partial charge in [0, 0.05) is 24.7 Å². The molecule has 1 saturated heterocycles. The van der Waals surface area contributed by atoms with E-state index in [9.17, 15) is 18.0 Å². The lowest BCUT2D eigenvalue weighted by Crippen LogP contribution is -2.44. The molecule has 4 rings (SSSR count). The number of amides is 1. The molecule has 0 saturated carbocycles. The standard InChI is InChI=1S/C24H24ClF3N4O2/c1-16-20(14-30-32(16)18-6-4-5-17(13-18)24(26,27)28)23(33)29-15-22(31-9-11-34-12-10-31)19-7-2-3-8-21(19)25/h2-8,13-14,22H,9-12,15H2,1H3,(H,29,33). The highest BCUT2D eigenvalue weighted by Gasteiger charge is 2.31. The Kier molecular flexibility index (Phi) is 7.25. The molecule has 0 spiro atoms. The summed E-state index contributed by atoms with van der Waals surface area (Å²) >= 11 is 6.45. The Labute approximate surface area is 200 Å². The van der Waals surface area contributed by atoms with Gasteiger partial charge in [0.1, 0.15) is 0 Å². The van der Waals surface area contributed by atoms with Crippen molar-refractivity contribution in [3.63, 3.8) is 0 Å². The Hall–Kier alpha value is -2.88. The molecular formula is C24H24ClF3N4O2. The second-order valence-electron chi connectivity index (χ2n) is 8.00. The summed E-state index contributed by atoms with van der Waals surface area (Å²) in [4.78, 5) is 15.2. The molecule has 1 amide bonds. The number of rotatable bonds is 6. The van der Waals surface area contributed by atoms with Crippen LogP contribution in [0.3, 0.4) is 0 Å². The number of nitrogens with one attached hydrogen (secondary N) is 1. The van der Waals surface area contributed by atoms with Crippen LogP contribution in [0.4, 0.5) is 13.2 Å². The van der Waals surface area contributed by atoms with Crippen molar-refractivity contribution < 1.29 is 22.7 Å². The third-order valence-electron chi connectivity index (χ3n) is 5.88. The minimum absolute atomic E-state index is 0.152. The molecule has 2 aromatic carbocycles. The zero-order valence-corrected chi connectivity index (χ0v) is 19.2. The summed E-state index contributed by atoms with van der Waals surface area (Å²) in [6.45, 7) is 4.55. The van der Waals surface area contributed by atoms with E-state index in [1.165, 1.54) is 23.0 Å². The van der Waals surface area contributed by atoms with Gasteiger partial charge in [-0.1, -0.05) is 35.9 Å². The number of carbonyl (C=O) groups excluding carboxylic acids is 1. The second kappa shape index (κ2) is 10.2. The van der Waals surface area contributed by atoms with Crippen LogP contribution < -0.4 is 5.32 Å². The van der Waals surface area contributed by atoms with Crippen LogP contribution in [-0.4, -0.2) is 53.4 Å². The van der Waals surface area contributed by atoms with Gasteiger partial charge in [0.15, 0.2) is 0 Å². The lowest BCUT2D eigenvalue weighted by Gasteiger charge is -2.35. The first-order chi connectivity index (χ1) is 16.3. The van der Waals surface area contributed by atoms with Gasteiger partial charge >= 0.3 is 6.18 Å². The smallest absolute Gasteiger partial charge is 0.379 e. The molecule has 180 valence electrons. The molecule has 1 unspecified atom stereocenters. The van der Waals surface area contributed by atoms with E-state index in [0.29, 0.717) is 43.6 Å². The molecule has 0 aliphatic carbocycles. The molecule has 0 radical (unpaired) electrons. The minimum Gasteiger partial charge on any atom is -0.379 e. The third kappa shape index (κ3) is 5.27. The van der Waals surface area contributed by atoms with Gasteiger partial charge in [0.25, 0.3) is 5.91 Å². The van der Waals surface area contributed by atoms with Gasteiger partial charge in [-0.25, -0.2) is 4.68 Å². The monoisotopic (exact) mass is 492 g/mol. The average molecular weight is 493 g/mol. The van der Waals surface area contributed by atoms with Gasteiger partial charge < -0.3 is 10.1 Å². The molecule has 34 heavy (non-hydrogen) atoms. The molecule has 2 heterocycles. The van der Waals surface area contributed by atoms with Crippen molar-refractivity contribution in [2.75, 3.05) is 32.8 Å². The highest BCUT2D eigenvalue weighted by molar-refractivity contribution is 6.31. The van der Waals surface area contributed by atoms with Crippen molar-refractivity contribution in [3.8, 4) is 5.69 Å². The molecular weight excluding hydrogens is 469 g/mol. The van der Waals surface area contributed by atoms with E-state index in [2.05, 4.69) is 15.3 Å². The fourth-order valence-corrected chi connectivity index (χ4v) is 4.32. The topological polar surface area (TPSA) is 59.4 Å². The molecule has 0 bridgehead atoms. The van der Waals surface area contributed by atoms with Crippen molar-refractivity contribution in [3.05, 3.63) is 82.1 Å². The number of nitrogens with zero attached hydrogens (tertiary/aromatic N) is 3. The fourth-order valence-electron chi connectivity index (χ4n) is 4.06. The Morgan fingerprint density at radius 2 is 1.91 bits per heavy atom. The zero-order chi connectivity index (χ0) is 24.3. The fraction of sp³-hybridized carbons (Fsp3) is 0.333. The summed E-state index contributed by atoms with van der Waals surface area (Å²) < 4.78 is 46.1. The quantitative estimate of drug-likeness (QED) is 0.544. The maximum Gasteiger partial charge on any atom is 0.416 e. The van der Waals surface area contributed by atoms with Crippen LogP contribution in [0.2, 0.25) is 5.02 Å².